The maximum Gasteiger partial charge on any atom is 0.327 e. The van der Waals surface area contributed by atoms with Gasteiger partial charge in [-0.25, -0.2) is 4.79 Å². The molecule has 2 atom stereocenters. The summed E-state index contributed by atoms with van der Waals surface area (Å²) >= 11 is 1.45. The van der Waals surface area contributed by atoms with Crippen LogP contribution in [0.3, 0.4) is 0 Å². The minimum atomic E-state index is -0.975. The second-order valence-electron chi connectivity index (χ2n) is 5.45. The van der Waals surface area contributed by atoms with E-state index in [9.17, 15) is 14.7 Å². The highest BCUT2D eigenvalue weighted by Crippen LogP contribution is 2.42. The number of carboxylic acids is 1. The van der Waals surface area contributed by atoms with Gasteiger partial charge in [-0.05, 0) is 29.8 Å². The zero-order chi connectivity index (χ0) is 17.1. The molecule has 0 saturated carbocycles. The van der Waals surface area contributed by atoms with Crippen LogP contribution in [-0.4, -0.2) is 33.7 Å². The predicted octanol–water partition coefficient (Wildman–Crippen LogP) is 3.53. The highest BCUT2D eigenvalue weighted by Gasteiger charge is 2.41. The molecule has 1 N–H and O–H groups in total. The number of hydrogen-bond donors (Lipinski definition) is 1. The second kappa shape index (κ2) is 6.97. The Kier molecular flexibility index (Phi) is 4.76. The molecule has 0 bridgehead atoms. The molecule has 1 amide bonds. The number of ether oxygens (including phenoxy) is 1. The summed E-state index contributed by atoms with van der Waals surface area (Å²) in [5.41, 5.74) is 0.854. The highest BCUT2D eigenvalue weighted by molar-refractivity contribution is 7.99. The molecule has 1 aliphatic heterocycles. The Balaban J connectivity index is 1.85. The third kappa shape index (κ3) is 3.38. The number of amides is 1. The summed E-state index contributed by atoms with van der Waals surface area (Å²) in [6.45, 7) is 1.40. The average Bonchev–Trinajstić information content (AvgIpc) is 3.01. The number of carbonyl (C=O) groups excluding carboxylic acids is 1. The molecule has 6 heteroatoms. The van der Waals surface area contributed by atoms with Gasteiger partial charge in [0.2, 0.25) is 5.91 Å². The number of aliphatic carboxylic acids is 1. The number of carboxylic acid groups (broad SMARTS) is 1. The average molecular weight is 343 g/mol. The maximum absolute atomic E-state index is 11.9. The third-order valence-electron chi connectivity index (χ3n) is 3.77. The third-order valence-corrected chi connectivity index (χ3v) is 5.09. The molecule has 3 rings (SSSR count). The van der Waals surface area contributed by atoms with Crippen molar-refractivity contribution >= 4 is 23.6 Å². The minimum Gasteiger partial charge on any atom is -0.480 e. The van der Waals surface area contributed by atoms with E-state index in [0.29, 0.717) is 11.5 Å². The van der Waals surface area contributed by atoms with Gasteiger partial charge in [0.05, 0.1) is 0 Å². The van der Waals surface area contributed by atoms with Gasteiger partial charge in [-0.3, -0.25) is 4.79 Å². The Labute approximate surface area is 144 Å². The van der Waals surface area contributed by atoms with E-state index in [2.05, 4.69) is 0 Å². The standard InChI is InChI=1S/C18H17NO4S/c1-12(20)19-16(18(21)22)11-24-17(19)13-6-5-9-15(10-13)23-14-7-3-2-4-8-14/h2-10,16-17H,11H2,1H3,(H,21,22). The van der Waals surface area contributed by atoms with Crippen LogP contribution in [-0.2, 0) is 9.59 Å². The van der Waals surface area contributed by atoms with E-state index in [1.54, 1.807) is 0 Å². The Morgan fingerprint density at radius 2 is 1.83 bits per heavy atom. The van der Waals surface area contributed by atoms with Crippen LogP contribution in [0.25, 0.3) is 0 Å². The van der Waals surface area contributed by atoms with Gasteiger partial charge in [-0.15, -0.1) is 11.8 Å². The second-order valence-corrected chi connectivity index (χ2v) is 6.57. The molecular weight excluding hydrogens is 326 g/mol. The molecule has 124 valence electrons. The number of carbonyl (C=O) groups is 2. The monoisotopic (exact) mass is 343 g/mol. The van der Waals surface area contributed by atoms with Crippen molar-refractivity contribution in [2.75, 3.05) is 5.75 Å². The molecule has 1 saturated heterocycles. The van der Waals surface area contributed by atoms with Gasteiger partial charge in [0.15, 0.2) is 0 Å². The van der Waals surface area contributed by atoms with Crippen LogP contribution in [0.1, 0.15) is 17.9 Å². The van der Waals surface area contributed by atoms with E-state index in [1.165, 1.54) is 23.6 Å². The first kappa shape index (κ1) is 16.4. The van der Waals surface area contributed by atoms with Gasteiger partial charge in [-0.1, -0.05) is 30.3 Å². The lowest BCUT2D eigenvalue weighted by Crippen LogP contribution is -2.41. The number of para-hydroxylation sites is 1. The number of thioether (sulfide) groups is 1. The van der Waals surface area contributed by atoms with Gasteiger partial charge in [-0.2, -0.15) is 0 Å². The van der Waals surface area contributed by atoms with Gasteiger partial charge in [0.1, 0.15) is 22.9 Å². The van der Waals surface area contributed by atoms with Crippen LogP contribution in [0.5, 0.6) is 11.5 Å². The number of hydrogen-bond acceptors (Lipinski definition) is 4. The molecule has 2 aromatic carbocycles. The first-order valence-corrected chi connectivity index (χ1v) is 8.57. The summed E-state index contributed by atoms with van der Waals surface area (Å²) in [7, 11) is 0. The van der Waals surface area contributed by atoms with Crippen LogP contribution in [0.2, 0.25) is 0 Å². The van der Waals surface area contributed by atoms with Crippen molar-refractivity contribution in [3.63, 3.8) is 0 Å². The quantitative estimate of drug-likeness (QED) is 0.920. The van der Waals surface area contributed by atoms with Crippen molar-refractivity contribution in [2.45, 2.75) is 18.3 Å². The van der Waals surface area contributed by atoms with Crippen LogP contribution in [0.15, 0.2) is 54.6 Å². The van der Waals surface area contributed by atoms with Gasteiger partial charge < -0.3 is 14.7 Å². The zero-order valence-electron chi connectivity index (χ0n) is 13.1. The van der Waals surface area contributed by atoms with Crippen molar-refractivity contribution in [3.8, 4) is 11.5 Å². The van der Waals surface area contributed by atoms with Crippen LogP contribution in [0.4, 0.5) is 0 Å². The van der Waals surface area contributed by atoms with Crippen molar-refractivity contribution in [2.24, 2.45) is 0 Å². The topological polar surface area (TPSA) is 66.8 Å². The number of benzene rings is 2. The van der Waals surface area contributed by atoms with Gasteiger partial charge in [0, 0.05) is 12.7 Å². The summed E-state index contributed by atoms with van der Waals surface area (Å²) in [6.07, 6.45) is 0. The molecular formula is C18H17NO4S. The Morgan fingerprint density at radius 1 is 1.12 bits per heavy atom. The van der Waals surface area contributed by atoms with E-state index in [-0.39, 0.29) is 11.3 Å². The van der Waals surface area contributed by atoms with Crippen LogP contribution >= 0.6 is 11.8 Å². The molecule has 2 aromatic rings. The molecule has 2 unspecified atom stereocenters. The molecule has 1 heterocycles. The normalized spacial score (nSPS) is 20.0. The summed E-state index contributed by atoms with van der Waals surface area (Å²) in [4.78, 5) is 24.7. The first-order valence-electron chi connectivity index (χ1n) is 7.52. The lowest BCUT2D eigenvalue weighted by Gasteiger charge is -2.26. The summed E-state index contributed by atoms with van der Waals surface area (Å²) in [5, 5.41) is 9.00. The Hall–Kier alpha value is -2.47. The van der Waals surface area contributed by atoms with E-state index in [1.807, 2.05) is 54.6 Å². The van der Waals surface area contributed by atoms with Crippen molar-refractivity contribution in [1.29, 1.82) is 0 Å². The maximum atomic E-state index is 11.9. The van der Waals surface area contributed by atoms with Gasteiger partial charge in [0.25, 0.3) is 0 Å². The smallest absolute Gasteiger partial charge is 0.327 e. The van der Waals surface area contributed by atoms with Crippen molar-refractivity contribution in [3.05, 3.63) is 60.2 Å². The van der Waals surface area contributed by atoms with Crippen molar-refractivity contribution < 1.29 is 19.4 Å². The minimum absolute atomic E-state index is 0.244. The molecule has 0 aromatic heterocycles. The summed E-state index contributed by atoms with van der Waals surface area (Å²) in [5.74, 6) is 0.536. The van der Waals surface area contributed by atoms with Crippen molar-refractivity contribution in [1.82, 2.24) is 4.90 Å². The lowest BCUT2D eigenvalue weighted by molar-refractivity contribution is -0.148. The fourth-order valence-corrected chi connectivity index (χ4v) is 4.16. The molecule has 5 nitrogen and oxygen atoms in total. The van der Waals surface area contributed by atoms with E-state index >= 15 is 0 Å². The number of nitrogens with zero attached hydrogens (tertiary/aromatic N) is 1. The predicted molar refractivity (Wildman–Crippen MR) is 92.1 cm³/mol. The van der Waals surface area contributed by atoms with Crippen LogP contribution < -0.4 is 4.74 Å². The Morgan fingerprint density at radius 3 is 2.50 bits per heavy atom. The fraction of sp³-hybridized carbons (Fsp3) is 0.222. The van der Waals surface area contributed by atoms with E-state index in [0.717, 1.165) is 11.3 Å². The molecule has 1 aliphatic rings. The van der Waals surface area contributed by atoms with E-state index < -0.39 is 12.0 Å². The first-order chi connectivity index (χ1) is 11.6. The zero-order valence-corrected chi connectivity index (χ0v) is 13.9. The lowest BCUT2D eigenvalue weighted by atomic mass is 10.1. The number of rotatable bonds is 4. The Bertz CT molecular complexity index is 750. The van der Waals surface area contributed by atoms with Gasteiger partial charge >= 0.3 is 5.97 Å². The highest BCUT2D eigenvalue weighted by atomic mass is 32.2. The molecule has 0 aliphatic carbocycles. The van der Waals surface area contributed by atoms with Crippen LogP contribution in [0, 0.1) is 0 Å². The largest absolute Gasteiger partial charge is 0.480 e. The fourth-order valence-electron chi connectivity index (χ4n) is 2.69. The summed E-state index contributed by atoms with van der Waals surface area (Å²) < 4.78 is 5.82. The summed E-state index contributed by atoms with van der Waals surface area (Å²) in [6, 6.07) is 16.0. The molecule has 1 fully saturated rings. The molecule has 24 heavy (non-hydrogen) atoms. The van der Waals surface area contributed by atoms with E-state index in [4.69, 9.17) is 4.74 Å². The SMILES string of the molecule is CC(=O)N1C(C(=O)O)CSC1c1cccc(Oc2ccccc2)c1. The molecule has 0 radical (unpaired) electrons. The molecule has 0 spiro atoms.